The van der Waals surface area contributed by atoms with E-state index in [1.807, 2.05) is 0 Å². The lowest BCUT2D eigenvalue weighted by Crippen LogP contribution is -2.31. The molecule has 0 amide bonds. The smallest absolute Gasteiger partial charge is 0.0177 e. The monoisotopic (exact) mass is 337 g/mol. The molecular weight excluding hydrogens is 310 g/mol. The molecule has 0 aromatic heterocycles. The van der Waals surface area contributed by atoms with Gasteiger partial charge in [0.2, 0.25) is 0 Å². The molecule has 1 saturated carbocycles. The summed E-state index contributed by atoms with van der Waals surface area (Å²) in [6.07, 6.45) is 6.95. The summed E-state index contributed by atoms with van der Waals surface area (Å²) in [5, 5.41) is 3.68. The van der Waals surface area contributed by atoms with Gasteiger partial charge in [-0.25, -0.2) is 0 Å². The van der Waals surface area contributed by atoms with Gasteiger partial charge in [-0.3, -0.25) is 0 Å². The maximum atomic E-state index is 3.68. The largest absolute Gasteiger partial charge is 0.316 e. The molecule has 1 aliphatic rings. The third-order valence-electron chi connectivity index (χ3n) is 4.41. The first-order valence-electron chi connectivity index (χ1n) is 8.10. The molecular formula is C18H28BrN. The zero-order valence-corrected chi connectivity index (χ0v) is 14.5. The van der Waals surface area contributed by atoms with Gasteiger partial charge in [0.25, 0.3) is 0 Å². The summed E-state index contributed by atoms with van der Waals surface area (Å²) in [6, 6.07) is 8.83. The highest BCUT2D eigenvalue weighted by Crippen LogP contribution is 2.33. The van der Waals surface area contributed by atoms with Crippen LogP contribution >= 0.6 is 15.9 Å². The van der Waals surface area contributed by atoms with Crippen LogP contribution in [0.3, 0.4) is 0 Å². The maximum Gasteiger partial charge on any atom is 0.0177 e. The van der Waals surface area contributed by atoms with E-state index in [2.05, 4.69) is 59.4 Å². The summed E-state index contributed by atoms with van der Waals surface area (Å²) in [4.78, 5) is 0. The lowest BCUT2D eigenvalue weighted by Gasteiger charge is -2.24. The van der Waals surface area contributed by atoms with Crippen LogP contribution < -0.4 is 5.32 Å². The Morgan fingerprint density at radius 3 is 2.60 bits per heavy atom. The Morgan fingerprint density at radius 2 is 1.95 bits per heavy atom. The third-order valence-corrected chi connectivity index (χ3v) is 4.91. The number of halogens is 1. The quantitative estimate of drug-likeness (QED) is 0.734. The summed E-state index contributed by atoms with van der Waals surface area (Å²) in [5.41, 5.74) is 1.47. The average molecular weight is 338 g/mol. The lowest BCUT2D eigenvalue weighted by atomic mass is 9.85. The standard InChI is InChI=1S/C18H28BrN/c1-14(2)12-20-13-17(16-7-3-4-8-16)10-15-6-5-9-18(19)11-15/h5-6,9,11,14,16-17,20H,3-4,7-8,10,12-13H2,1-2H3. The van der Waals surface area contributed by atoms with Gasteiger partial charge in [0.15, 0.2) is 0 Å². The van der Waals surface area contributed by atoms with Crippen LogP contribution in [-0.4, -0.2) is 13.1 Å². The summed E-state index contributed by atoms with van der Waals surface area (Å²) in [6.45, 7) is 6.88. The van der Waals surface area contributed by atoms with Crippen LogP contribution in [0.2, 0.25) is 0 Å². The Balaban J connectivity index is 1.94. The van der Waals surface area contributed by atoms with E-state index in [1.165, 1.54) is 48.7 Å². The number of benzene rings is 1. The van der Waals surface area contributed by atoms with E-state index in [4.69, 9.17) is 0 Å². The third kappa shape index (κ3) is 5.21. The van der Waals surface area contributed by atoms with Crippen LogP contribution in [0.5, 0.6) is 0 Å². The highest BCUT2D eigenvalue weighted by atomic mass is 79.9. The maximum absolute atomic E-state index is 3.68. The van der Waals surface area contributed by atoms with Crippen molar-refractivity contribution in [1.29, 1.82) is 0 Å². The SMILES string of the molecule is CC(C)CNCC(Cc1cccc(Br)c1)C1CCCC1. The predicted molar refractivity (Wildman–Crippen MR) is 91.0 cm³/mol. The van der Waals surface area contributed by atoms with Crippen LogP contribution in [0, 0.1) is 17.8 Å². The second-order valence-electron chi connectivity index (χ2n) is 6.69. The van der Waals surface area contributed by atoms with Crippen LogP contribution in [0.1, 0.15) is 45.1 Å². The zero-order valence-electron chi connectivity index (χ0n) is 12.9. The molecule has 1 unspecified atom stereocenters. The normalized spacial score (nSPS) is 17.8. The van der Waals surface area contributed by atoms with Gasteiger partial charge in [0.05, 0.1) is 0 Å². The summed E-state index contributed by atoms with van der Waals surface area (Å²) < 4.78 is 1.20. The molecule has 1 aromatic carbocycles. The van der Waals surface area contributed by atoms with Crippen LogP contribution in [-0.2, 0) is 6.42 Å². The van der Waals surface area contributed by atoms with Crippen LogP contribution in [0.4, 0.5) is 0 Å². The van der Waals surface area contributed by atoms with Crippen molar-refractivity contribution < 1.29 is 0 Å². The fraction of sp³-hybridized carbons (Fsp3) is 0.667. The van der Waals surface area contributed by atoms with Crippen molar-refractivity contribution in [2.45, 2.75) is 46.0 Å². The minimum Gasteiger partial charge on any atom is -0.316 e. The predicted octanol–water partition coefficient (Wildman–Crippen LogP) is 5.04. The van der Waals surface area contributed by atoms with Crippen molar-refractivity contribution in [3.8, 4) is 0 Å². The topological polar surface area (TPSA) is 12.0 Å². The van der Waals surface area contributed by atoms with Gasteiger partial charge in [-0.2, -0.15) is 0 Å². The number of rotatable bonds is 7. The molecule has 1 atom stereocenters. The van der Waals surface area contributed by atoms with Gasteiger partial charge in [0, 0.05) is 4.47 Å². The van der Waals surface area contributed by atoms with Gasteiger partial charge in [0.1, 0.15) is 0 Å². The second kappa shape index (κ2) is 8.19. The molecule has 0 heterocycles. The van der Waals surface area contributed by atoms with Crippen molar-refractivity contribution in [2.75, 3.05) is 13.1 Å². The Labute approximate surface area is 132 Å². The average Bonchev–Trinajstić information content (AvgIpc) is 2.91. The summed E-state index contributed by atoms with van der Waals surface area (Å²) in [7, 11) is 0. The van der Waals surface area contributed by atoms with Crippen LogP contribution in [0.25, 0.3) is 0 Å². The molecule has 0 aliphatic heterocycles. The minimum atomic E-state index is 0.741. The Kier molecular flexibility index (Phi) is 6.57. The molecule has 2 rings (SSSR count). The molecule has 2 heteroatoms. The molecule has 1 nitrogen and oxygen atoms in total. The molecule has 1 N–H and O–H groups in total. The highest BCUT2D eigenvalue weighted by Gasteiger charge is 2.24. The first kappa shape index (κ1) is 16.0. The molecule has 1 fully saturated rings. The van der Waals surface area contributed by atoms with Gasteiger partial charge < -0.3 is 5.32 Å². The fourth-order valence-corrected chi connectivity index (χ4v) is 3.81. The van der Waals surface area contributed by atoms with E-state index in [9.17, 15) is 0 Å². The summed E-state index contributed by atoms with van der Waals surface area (Å²) in [5.74, 6) is 2.46. The molecule has 112 valence electrons. The fourth-order valence-electron chi connectivity index (χ4n) is 3.36. The highest BCUT2D eigenvalue weighted by molar-refractivity contribution is 9.10. The molecule has 0 radical (unpaired) electrons. The number of hydrogen-bond donors (Lipinski definition) is 1. The molecule has 1 aromatic rings. The van der Waals surface area contributed by atoms with Crippen molar-refractivity contribution >= 4 is 15.9 Å². The Hall–Kier alpha value is -0.340. The van der Waals surface area contributed by atoms with Crippen molar-refractivity contribution in [3.63, 3.8) is 0 Å². The first-order valence-corrected chi connectivity index (χ1v) is 8.89. The lowest BCUT2D eigenvalue weighted by molar-refractivity contribution is 0.316. The van der Waals surface area contributed by atoms with E-state index in [0.717, 1.165) is 24.3 Å². The zero-order chi connectivity index (χ0) is 14.4. The number of hydrogen-bond acceptors (Lipinski definition) is 1. The van der Waals surface area contributed by atoms with E-state index in [-0.39, 0.29) is 0 Å². The molecule has 0 saturated heterocycles. The van der Waals surface area contributed by atoms with Crippen LogP contribution in [0.15, 0.2) is 28.7 Å². The molecule has 1 aliphatic carbocycles. The van der Waals surface area contributed by atoms with E-state index in [0.29, 0.717) is 0 Å². The van der Waals surface area contributed by atoms with E-state index in [1.54, 1.807) is 0 Å². The minimum absolute atomic E-state index is 0.741. The van der Waals surface area contributed by atoms with Gasteiger partial charge in [-0.15, -0.1) is 0 Å². The van der Waals surface area contributed by atoms with E-state index < -0.39 is 0 Å². The van der Waals surface area contributed by atoms with Gasteiger partial charge in [-0.05, 0) is 55.0 Å². The first-order chi connectivity index (χ1) is 9.65. The molecule has 20 heavy (non-hydrogen) atoms. The van der Waals surface area contributed by atoms with Crippen molar-refractivity contribution in [2.24, 2.45) is 17.8 Å². The number of nitrogens with one attached hydrogen (secondary N) is 1. The van der Waals surface area contributed by atoms with E-state index >= 15 is 0 Å². The van der Waals surface area contributed by atoms with Gasteiger partial charge >= 0.3 is 0 Å². The van der Waals surface area contributed by atoms with Crippen molar-refractivity contribution in [1.82, 2.24) is 5.32 Å². The second-order valence-corrected chi connectivity index (χ2v) is 7.61. The van der Waals surface area contributed by atoms with Crippen molar-refractivity contribution in [3.05, 3.63) is 34.3 Å². The van der Waals surface area contributed by atoms with Gasteiger partial charge in [-0.1, -0.05) is 67.6 Å². The summed E-state index contributed by atoms with van der Waals surface area (Å²) >= 11 is 3.59. The molecule has 0 bridgehead atoms. The molecule has 0 spiro atoms. The Morgan fingerprint density at radius 1 is 1.20 bits per heavy atom. The Bertz CT molecular complexity index is 396.